The van der Waals surface area contributed by atoms with Crippen molar-refractivity contribution < 1.29 is 23.1 Å². The van der Waals surface area contributed by atoms with Crippen LogP contribution in [0.4, 0.5) is 0 Å². The minimum atomic E-state index is -3.79. The number of carboxylic acid groups (broad SMARTS) is 1. The van der Waals surface area contributed by atoms with Crippen molar-refractivity contribution in [3.63, 3.8) is 0 Å². The summed E-state index contributed by atoms with van der Waals surface area (Å²) in [6, 6.07) is -0.956. The second kappa shape index (κ2) is 8.06. The van der Waals surface area contributed by atoms with Gasteiger partial charge in [0.05, 0.1) is 0 Å². The molecule has 1 unspecified atom stereocenters. The zero-order valence-corrected chi connectivity index (χ0v) is 14.2. The van der Waals surface area contributed by atoms with E-state index >= 15 is 0 Å². The summed E-state index contributed by atoms with van der Waals surface area (Å²) in [7, 11) is -2.12. The smallest absolute Gasteiger partial charge is 0.326 e. The Morgan fingerprint density at radius 3 is 2.57 bits per heavy atom. The Bertz CT molecular complexity index is 648. The van der Waals surface area contributed by atoms with Gasteiger partial charge in [-0.2, -0.15) is 0 Å². The van der Waals surface area contributed by atoms with Crippen molar-refractivity contribution in [3.8, 4) is 0 Å². The van der Waals surface area contributed by atoms with E-state index in [4.69, 9.17) is 5.11 Å². The van der Waals surface area contributed by atoms with Gasteiger partial charge in [-0.15, -0.1) is 0 Å². The zero-order chi connectivity index (χ0) is 17.6. The van der Waals surface area contributed by atoms with Crippen molar-refractivity contribution in [2.24, 2.45) is 7.05 Å². The number of aryl methyl sites for hydroxylation is 2. The maximum Gasteiger partial charge on any atom is 0.326 e. The van der Waals surface area contributed by atoms with Gasteiger partial charge in [-0.1, -0.05) is 13.3 Å². The number of carboxylic acids is 1. The Morgan fingerprint density at radius 1 is 1.43 bits per heavy atom. The fraction of sp³-hybridized carbons (Fsp3) is 0.615. The molecule has 0 fully saturated rings. The molecule has 0 aliphatic rings. The van der Waals surface area contributed by atoms with E-state index in [1.807, 2.05) is 6.92 Å². The van der Waals surface area contributed by atoms with Gasteiger partial charge in [-0.05, 0) is 13.3 Å². The summed E-state index contributed by atoms with van der Waals surface area (Å²) in [6.45, 7) is 3.35. The minimum absolute atomic E-state index is 0.118. The first-order valence-electron chi connectivity index (χ1n) is 7.19. The SMILES string of the molecule is CCCC(NC(=O)CCNS(=O)(=O)c1cn(C)c(C)n1)C(=O)O. The first-order chi connectivity index (χ1) is 10.7. The van der Waals surface area contributed by atoms with Crippen LogP contribution in [0.15, 0.2) is 11.2 Å². The highest BCUT2D eigenvalue weighted by molar-refractivity contribution is 7.89. The second-order valence-corrected chi connectivity index (χ2v) is 6.85. The summed E-state index contributed by atoms with van der Waals surface area (Å²) >= 11 is 0. The molecule has 10 heteroatoms. The average molecular weight is 346 g/mol. The van der Waals surface area contributed by atoms with Crippen molar-refractivity contribution >= 4 is 21.9 Å². The number of aliphatic carboxylic acids is 1. The molecule has 0 aliphatic heterocycles. The molecule has 9 nitrogen and oxygen atoms in total. The van der Waals surface area contributed by atoms with Gasteiger partial charge in [0.25, 0.3) is 10.0 Å². The van der Waals surface area contributed by atoms with Crippen LogP contribution in [0.1, 0.15) is 32.0 Å². The molecule has 0 aliphatic carbocycles. The zero-order valence-electron chi connectivity index (χ0n) is 13.4. The topological polar surface area (TPSA) is 130 Å². The number of hydrogen-bond donors (Lipinski definition) is 3. The van der Waals surface area contributed by atoms with Crippen LogP contribution in [0.3, 0.4) is 0 Å². The van der Waals surface area contributed by atoms with Crippen LogP contribution in [0, 0.1) is 6.92 Å². The Kier molecular flexibility index (Phi) is 6.70. The molecule has 0 saturated heterocycles. The molecule has 0 spiro atoms. The Hall–Kier alpha value is -1.94. The van der Waals surface area contributed by atoms with Crippen molar-refractivity contribution in [1.29, 1.82) is 0 Å². The maximum atomic E-state index is 12.0. The van der Waals surface area contributed by atoms with E-state index in [2.05, 4.69) is 15.0 Å². The van der Waals surface area contributed by atoms with Crippen molar-refractivity contribution in [1.82, 2.24) is 19.6 Å². The summed E-state index contributed by atoms with van der Waals surface area (Å²) in [5, 5.41) is 11.2. The molecular formula is C13H22N4O5S. The molecule has 1 rings (SSSR count). The summed E-state index contributed by atoms with van der Waals surface area (Å²) in [5.74, 6) is -1.08. The highest BCUT2D eigenvalue weighted by atomic mass is 32.2. The third-order valence-electron chi connectivity index (χ3n) is 3.22. The van der Waals surface area contributed by atoms with Gasteiger partial charge in [0, 0.05) is 26.2 Å². The largest absolute Gasteiger partial charge is 0.480 e. The third-order valence-corrected chi connectivity index (χ3v) is 4.55. The van der Waals surface area contributed by atoms with E-state index in [1.165, 1.54) is 6.20 Å². The van der Waals surface area contributed by atoms with Crippen LogP contribution < -0.4 is 10.0 Å². The summed E-state index contributed by atoms with van der Waals surface area (Å²) < 4.78 is 27.8. The van der Waals surface area contributed by atoms with Crippen molar-refractivity contribution in [3.05, 3.63) is 12.0 Å². The number of aromatic nitrogens is 2. The number of hydrogen-bond acceptors (Lipinski definition) is 5. The molecule has 23 heavy (non-hydrogen) atoms. The predicted molar refractivity (Wildman–Crippen MR) is 82.2 cm³/mol. The van der Waals surface area contributed by atoms with E-state index in [0.717, 1.165) is 0 Å². The van der Waals surface area contributed by atoms with Crippen molar-refractivity contribution in [2.75, 3.05) is 6.54 Å². The lowest BCUT2D eigenvalue weighted by atomic mass is 10.1. The summed E-state index contributed by atoms with van der Waals surface area (Å²) in [4.78, 5) is 26.5. The fourth-order valence-electron chi connectivity index (χ4n) is 1.84. The molecule has 130 valence electrons. The number of imidazole rings is 1. The first-order valence-corrected chi connectivity index (χ1v) is 8.67. The van der Waals surface area contributed by atoms with E-state index in [0.29, 0.717) is 18.7 Å². The van der Waals surface area contributed by atoms with E-state index in [1.54, 1.807) is 18.5 Å². The predicted octanol–water partition coefficient (Wildman–Crippen LogP) is -0.234. The number of nitrogens with one attached hydrogen (secondary N) is 2. The molecule has 0 radical (unpaired) electrons. The third kappa shape index (κ3) is 5.64. The molecule has 1 aromatic rings. The van der Waals surface area contributed by atoms with Crippen LogP contribution in [-0.2, 0) is 26.7 Å². The highest BCUT2D eigenvalue weighted by Gasteiger charge is 2.21. The van der Waals surface area contributed by atoms with Gasteiger partial charge in [0.1, 0.15) is 11.9 Å². The van der Waals surface area contributed by atoms with Crippen molar-refractivity contribution in [2.45, 2.75) is 44.2 Å². The van der Waals surface area contributed by atoms with E-state index in [-0.39, 0.29) is 18.0 Å². The first kappa shape index (κ1) is 19.1. The molecule has 1 heterocycles. The molecular weight excluding hydrogens is 324 g/mol. The Labute approximate surface area is 135 Å². The van der Waals surface area contributed by atoms with E-state index in [9.17, 15) is 18.0 Å². The molecule has 1 amide bonds. The van der Waals surface area contributed by atoms with Crippen LogP contribution >= 0.6 is 0 Å². The monoisotopic (exact) mass is 346 g/mol. The van der Waals surface area contributed by atoms with E-state index < -0.39 is 27.9 Å². The maximum absolute atomic E-state index is 12.0. The molecule has 1 atom stereocenters. The van der Waals surface area contributed by atoms with Gasteiger partial charge in [0.2, 0.25) is 5.91 Å². The number of sulfonamides is 1. The fourth-order valence-corrected chi connectivity index (χ4v) is 2.91. The van der Waals surface area contributed by atoms with Gasteiger partial charge < -0.3 is 15.0 Å². The molecule has 0 saturated carbocycles. The van der Waals surface area contributed by atoms with Gasteiger partial charge >= 0.3 is 5.97 Å². The molecule has 0 aromatic carbocycles. The van der Waals surface area contributed by atoms with Crippen LogP contribution in [0.5, 0.6) is 0 Å². The second-order valence-electron chi connectivity index (χ2n) is 5.13. The van der Waals surface area contributed by atoms with Gasteiger partial charge in [0.15, 0.2) is 5.03 Å². The normalized spacial score (nSPS) is 12.8. The number of carbonyl (C=O) groups excluding carboxylic acids is 1. The molecule has 1 aromatic heterocycles. The lowest BCUT2D eigenvalue weighted by Crippen LogP contribution is -2.41. The van der Waals surface area contributed by atoms with Crippen LogP contribution in [-0.4, -0.2) is 47.5 Å². The lowest BCUT2D eigenvalue weighted by molar-refractivity contribution is -0.142. The number of nitrogens with zero attached hydrogens (tertiary/aromatic N) is 2. The highest BCUT2D eigenvalue weighted by Crippen LogP contribution is 2.07. The minimum Gasteiger partial charge on any atom is -0.480 e. The number of carbonyl (C=O) groups is 2. The van der Waals surface area contributed by atoms with Gasteiger partial charge in [-0.3, -0.25) is 4.79 Å². The molecule has 0 bridgehead atoms. The number of amides is 1. The number of rotatable bonds is 9. The Balaban J connectivity index is 2.52. The standard InChI is InChI=1S/C13H22N4O5S/c1-4-5-10(13(19)20)16-11(18)6-7-14-23(21,22)12-8-17(3)9(2)15-12/h8,10,14H,4-7H2,1-3H3,(H,16,18)(H,19,20). The average Bonchev–Trinajstić information content (AvgIpc) is 2.78. The lowest BCUT2D eigenvalue weighted by Gasteiger charge is -2.13. The van der Waals surface area contributed by atoms with Crippen LogP contribution in [0.25, 0.3) is 0 Å². The Morgan fingerprint density at radius 2 is 2.09 bits per heavy atom. The quantitative estimate of drug-likeness (QED) is 0.566. The van der Waals surface area contributed by atoms with Gasteiger partial charge in [-0.25, -0.2) is 22.9 Å². The van der Waals surface area contributed by atoms with Crippen LogP contribution in [0.2, 0.25) is 0 Å². The molecule has 3 N–H and O–H groups in total. The summed E-state index contributed by atoms with van der Waals surface area (Å²) in [5.41, 5.74) is 0. The summed E-state index contributed by atoms with van der Waals surface area (Å²) in [6.07, 6.45) is 2.15.